The van der Waals surface area contributed by atoms with Gasteiger partial charge in [0, 0.05) is 5.69 Å². The minimum Gasteiger partial charge on any atom is -0.497 e. The summed E-state index contributed by atoms with van der Waals surface area (Å²) in [6.07, 6.45) is 3.19. The molecular weight excluding hydrogens is 328 g/mol. The molecule has 1 N–H and O–H groups in total. The Morgan fingerprint density at radius 3 is 2.88 bits per heavy atom. The molecule has 2 heterocycles. The zero-order chi connectivity index (χ0) is 16.8. The highest BCUT2D eigenvalue weighted by Crippen LogP contribution is 2.21. The van der Waals surface area contributed by atoms with E-state index in [-0.39, 0.29) is 11.7 Å². The van der Waals surface area contributed by atoms with E-state index >= 15 is 0 Å². The zero-order valence-corrected chi connectivity index (χ0v) is 13.8. The number of carbonyl (C=O) groups excluding carboxylic acids is 1. The highest BCUT2D eigenvalue weighted by molar-refractivity contribution is 7.99. The predicted molar refractivity (Wildman–Crippen MR) is 89.2 cm³/mol. The summed E-state index contributed by atoms with van der Waals surface area (Å²) in [6, 6.07) is 11.1. The van der Waals surface area contributed by atoms with Gasteiger partial charge in [-0.2, -0.15) is 0 Å². The van der Waals surface area contributed by atoms with Crippen LogP contribution in [0.15, 0.2) is 58.6 Å². The van der Waals surface area contributed by atoms with Crippen molar-refractivity contribution in [2.24, 2.45) is 0 Å². The Bertz CT molecular complexity index is 784. The van der Waals surface area contributed by atoms with E-state index in [2.05, 4.69) is 15.5 Å². The number of carbonyl (C=O) groups is 1. The Hall–Kier alpha value is -2.74. The summed E-state index contributed by atoms with van der Waals surface area (Å²) in [6.45, 7) is 0.373. The molecule has 3 rings (SSSR count). The van der Waals surface area contributed by atoms with Gasteiger partial charge in [-0.05, 0) is 36.4 Å². The third-order valence-corrected chi connectivity index (χ3v) is 4.18. The third kappa shape index (κ3) is 3.96. The molecule has 2 aromatic heterocycles. The number of thioether (sulfide) groups is 1. The van der Waals surface area contributed by atoms with Crippen molar-refractivity contribution in [2.75, 3.05) is 12.9 Å². The van der Waals surface area contributed by atoms with Crippen LogP contribution in [0.2, 0.25) is 0 Å². The molecule has 24 heavy (non-hydrogen) atoms. The molecule has 0 unspecified atom stereocenters. The van der Waals surface area contributed by atoms with Crippen LogP contribution in [-0.2, 0) is 11.3 Å². The maximum atomic E-state index is 11.9. The molecule has 3 aromatic rings. The number of rotatable bonds is 7. The molecule has 0 fully saturated rings. The standard InChI is InChI=1S/C16H16N4O3S/c1-22-13-6-4-12(5-7-13)20-11-18-19-16(20)24-10-15(21)17-9-14-3-2-8-23-14/h2-8,11H,9-10H2,1H3,(H,17,21). The van der Waals surface area contributed by atoms with Gasteiger partial charge in [0.05, 0.1) is 25.7 Å². The van der Waals surface area contributed by atoms with Crippen molar-refractivity contribution in [2.45, 2.75) is 11.7 Å². The number of hydrogen-bond acceptors (Lipinski definition) is 6. The van der Waals surface area contributed by atoms with Gasteiger partial charge in [-0.1, -0.05) is 11.8 Å². The second kappa shape index (κ2) is 7.69. The lowest BCUT2D eigenvalue weighted by atomic mass is 10.3. The second-order valence-corrected chi connectivity index (χ2v) is 5.77. The Balaban J connectivity index is 1.57. The number of methoxy groups -OCH3 is 1. The molecule has 0 saturated carbocycles. The topological polar surface area (TPSA) is 82.2 Å². The maximum absolute atomic E-state index is 11.9. The van der Waals surface area contributed by atoms with Crippen LogP contribution in [0.3, 0.4) is 0 Å². The Morgan fingerprint density at radius 2 is 2.17 bits per heavy atom. The van der Waals surface area contributed by atoms with Crippen molar-refractivity contribution in [3.05, 3.63) is 54.7 Å². The maximum Gasteiger partial charge on any atom is 0.230 e. The lowest BCUT2D eigenvalue weighted by molar-refractivity contribution is -0.118. The Kier molecular flexibility index (Phi) is 5.17. The number of benzene rings is 1. The molecule has 0 atom stereocenters. The van der Waals surface area contributed by atoms with Crippen LogP contribution in [0.1, 0.15) is 5.76 Å². The molecule has 0 aliphatic rings. The molecule has 0 aliphatic heterocycles. The van der Waals surface area contributed by atoms with E-state index < -0.39 is 0 Å². The zero-order valence-electron chi connectivity index (χ0n) is 13.0. The fraction of sp³-hybridized carbons (Fsp3) is 0.188. The quantitative estimate of drug-likeness (QED) is 0.662. The number of amides is 1. The van der Waals surface area contributed by atoms with Crippen molar-refractivity contribution in [3.63, 3.8) is 0 Å². The first-order chi connectivity index (χ1) is 11.8. The molecular formula is C16H16N4O3S. The Morgan fingerprint density at radius 1 is 1.33 bits per heavy atom. The first kappa shape index (κ1) is 16.1. The predicted octanol–water partition coefficient (Wildman–Crippen LogP) is 2.28. The summed E-state index contributed by atoms with van der Waals surface area (Å²) >= 11 is 1.32. The monoisotopic (exact) mass is 344 g/mol. The van der Waals surface area contributed by atoms with Gasteiger partial charge in [0.25, 0.3) is 0 Å². The average Bonchev–Trinajstić information content (AvgIpc) is 3.29. The molecule has 7 nitrogen and oxygen atoms in total. The van der Waals surface area contributed by atoms with Gasteiger partial charge >= 0.3 is 0 Å². The van der Waals surface area contributed by atoms with Gasteiger partial charge < -0.3 is 14.5 Å². The highest BCUT2D eigenvalue weighted by atomic mass is 32.2. The van der Waals surface area contributed by atoms with Crippen molar-refractivity contribution >= 4 is 17.7 Å². The smallest absolute Gasteiger partial charge is 0.230 e. The van der Waals surface area contributed by atoms with Crippen LogP contribution in [0.5, 0.6) is 5.75 Å². The average molecular weight is 344 g/mol. The van der Waals surface area contributed by atoms with Gasteiger partial charge in [-0.15, -0.1) is 10.2 Å². The largest absolute Gasteiger partial charge is 0.497 e. The molecule has 0 radical (unpaired) electrons. The van der Waals surface area contributed by atoms with Crippen molar-refractivity contribution in [1.82, 2.24) is 20.1 Å². The number of hydrogen-bond donors (Lipinski definition) is 1. The minimum absolute atomic E-state index is 0.0966. The van der Waals surface area contributed by atoms with Crippen LogP contribution < -0.4 is 10.1 Å². The van der Waals surface area contributed by atoms with E-state index in [1.54, 1.807) is 25.8 Å². The molecule has 0 saturated heterocycles. The van der Waals surface area contributed by atoms with Gasteiger partial charge in [-0.25, -0.2) is 0 Å². The van der Waals surface area contributed by atoms with Crippen LogP contribution in [0, 0.1) is 0 Å². The van der Waals surface area contributed by atoms with Crippen LogP contribution >= 0.6 is 11.8 Å². The van der Waals surface area contributed by atoms with Gasteiger partial charge in [0.2, 0.25) is 5.91 Å². The third-order valence-electron chi connectivity index (χ3n) is 3.24. The fourth-order valence-electron chi connectivity index (χ4n) is 2.02. The molecule has 124 valence electrons. The lowest BCUT2D eigenvalue weighted by Gasteiger charge is -2.07. The molecule has 0 aliphatic carbocycles. The SMILES string of the molecule is COc1ccc(-n2cnnc2SCC(=O)NCc2ccco2)cc1. The van der Waals surface area contributed by atoms with E-state index in [9.17, 15) is 4.79 Å². The van der Waals surface area contributed by atoms with Gasteiger partial charge in [-0.3, -0.25) is 9.36 Å². The highest BCUT2D eigenvalue weighted by Gasteiger charge is 2.10. The molecule has 0 bridgehead atoms. The minimum atomic E-state index is -0.0966. The normalized spacial score (nSPS) is 10.5. The van der Waals surface area contributed by atoms with Crippen LogP contribution in [0.4, 0.5) is 0 Å². The molecule has 1 amide bonds. The summed E-state index contributed by atoms with van der Waals surface area (Å²) in [5.41, 5.74) is 0.902. The Labute approximate surface area is 143 Å². The van der Waals surface area contributed by atoms with Crippen molar-refractivity contribution < 1.29 is 13.9 Å². The van der Waals surface area contributed by atoms with Crippen LogP contribution in [-0.4, -0.2) is 33.5 Å². The lowest BCUT2D eigenvalue weighted by Crippen LogP contribution is -2.24. The van der Waals surface area contributed by atoms with Gasteiger partial charge in [0.15, 0.2) is 5.16 Å². The van der Waals surface area contributed by atoms with E-state index in [1.807, 2.05) is 34.9 Å². The first-order valence-electron chi connectivity index (χ1n) is 7.22. The molecule has 1 aromatic carbocycles. The number of ether oxygens (including phenoxy) is 1. The van der Waals surface area contributed by atoms with Gasteiger partial charge in [0.1, 0.15) is 17.8 Å². The van der Waals surface area contributed by atoms with E-state index in [4.69, 9.17) is 9.15 Å². The van der Waals surface area contributed by atoms with E-state index in [1.165, 1.54) is 11.8 Å². The fourth-order valence-corrected chi connectivity index (χ4v) is 2.78. The number of nitrogens with zero attached hydrogens (tertiary/aromatic N) is 3. The van der Waals surface area contributed by atoms with Crippen LogP contribution in [0.25, 0.3) is 5.69 Å². The first-order valence-corrected chi connectivity index (χ1v) is 8.21. The summed E-state index contributed by atoms with van der Waals surface area (Å²) < 4.78 is 12.1. The summed E-state index contributed by atoms with van der Waals surface area (Å²) in [4.78, 5) is 11.9. The van der Waals surface area contributed by atoms with E-state index in [0.717, 1.165) is 17.2 Å². The summed E-state index contributed by atoms with van der Waals surface area (Å²) in [7, 11) is 1.62. The second-order valence-electron chi connectivity index (χ2n) is 4.83. The van der Waals surface area contributed by atoms with E-state index in [0.29, 0.717) is 11.7 Å². The number of aromatic nitrogens is 3. The molecule has 8 heteroatoms. The van der Waals surface area contributed by atoms with Crippen molar-refractivity contribution in [1.29, 1.82) is 0 Å². The summed E-state index contributed by atoms with van der Waals surface area (Å²) in [5, 5.41) is 11.4. The number of furan rings is 1. The van der Waals surface area contributed by atoms with Crippen molar-refractivity contribution in [3.8, 4) is 11.4 Å². The molecule has 0 spiro atoms. The number of nitrogens with one attached hydrogen (secondary N) is 1. The summed E-state index contributed by atoms with van der Waals surface area (Å²) in [5.74, 6) is 1.64.